The number of amides is 1. The quantitative estimate of drug-likeness (QED) is 0.321. The zero-order valence-electron chi connectivity index (χ0n) is 18.5. The number of benzene rings is 3. The lowest BCUT2D eigenvalue weighted by Gasteiger charge is -2.26. The molecule has 0 spiro atoms. The Kier molecular flexibility index (Phi) is 6.68. The number of thioether (sulfide) groups is 1. The monoisotopic (exact) mass is 507 g/mol. The maximum Gasteiger partial charge on any atom is 0.225 e. The summed E-state index contributed by atoms with van der Waals surface area (Å²) in [4.78, 5) is 16.8. The van der Waals surface area contributed by atoms with Gasteiger partial charge in [-0.2, -0.15) is 0 Å². The number of hydrogen-bond acceptors (Lipinski definition) is 3. The molecule has 0 fully saturated rings. The molecule has 4 nitrogen and oxygen atoms in total. The van der Waals surface area contributed by atoms with Gasteiger partial charge in [-0.15, -0.1) is 11.8 Å². The lowest BCUT2D eigenvalue weighted by atomic mass is 9.86. The largest absolute Gasteiger partial charge is 0.337 e. The van der Waals surface area contributed by atoms with Crippen molar-refractivity contribution in [1.29, 1.82) is 0 Å². The van der Waals surface area contributed by atoms with E-state index in [2.05, 4.69) is 40.6 Å². The number of hydrogen-bond donors (Lipinski definition) is 1. The first-order chi connectivity index (χ1) is 16.5. The van der Waals surface area contributed by atoms with Gasteiger partial charge < -0.3 is 9.88 Å². The highest BCUT2D eigenvalue weighted by atomic mass is 35.5. The van der Waals surface area contributed by atoms with Gasteiger partial charge in [-0.3, -0.25) is 4.79 Å². The third kappa shape index (κ3) is 4.74. The van der Waals surface area contributed by atoms with E-state index in [0.29, 0.717) is 16.5 Å². The molecule has 1 N–H and O–H groups in total. The van der Waals surface area contributed by atoms with Crippen molar-refractivity contribution in [3.8, 4) is 0 Å². The summed E-state index contributed by atoms with van der Waals surface area (Å²) < 4.78 is 2.04. The number of anilines is 1. The van der Waals surface area contributed by atoms with E-state index in [1.165, 1.54) is 0 Å². The first kappa shape index (κ1) is 23.0. The van der Waals surface area contributed by atoms with E-state index in [0.717, 1.165) is 39.4 Å². The van der Waals surface area contributed by atoms with Crippen molar-refractivity contribution in [3.63, 3.8) is 0 Å². The Morgan fingerprint density at radius 2 is 1.82 bits per heavy atom. The van der Waals surface area contributed by atoms with Crippen LogP contribution in [0.3, 0.4) is 0 Å². The van der Waals surface area contributed by atoms with E-state index in [1.54, 1.807) is 11.8 Å². The van der Waals surface area contributed by atoms with Gasteiger partial charge in [0.05, 0.1) is 17.5 Å². The molecule has 0 aliphatic carbocycles. The lowest BCUT2D eigenvalue weighted by Crippen LogP contribution is -2.18. The molecule has 0 radical (unpaired) electrons. The highest BCUT2D eigenvalue weighted by molar-refractivity contribution is 7.99. The minimum absolute atomic E-state index is 0.0342. The summed E-state index contributed by atoms with van der Waals surface area (Å²) in [5, 5.41) is 4.57. The van der Waals surface area contributed by atoms with Crippen molar-refractivity contribution < 1.29 is 4.79 Å². The Morgan fingerprint density at radius 3 is 2.56 bits per heavy atom. The second-order valence-electron chi connectivity index (χ2n) is 8.36. The van der Waals surface area contributed by atoms with Crippen molar-refractivity contribution in [3.05, 3.63) is 117 Å². The average Bonchev–Trinajstić information content (AvgIpc) is 3.23. The number of aryl methyl sites for hydroxylation is 1. The topological polar surface area (TPSA) is 46.9 Å². The summed E-state index contributed by atoms with van der Waals surface area (Å²) in [7, 11) is 2.00. The van der Waals surface area contributed by atoms with Crippen LogP contribution in [0.1, 0.15) is 45.5 Å². The van der Waals surface area contributed by atoms with Crippen LogP contribution in [-0.4, -0.2) is 21.2 Å². The maximum absolute atomic E-state index is 12.4. The van der Waals surface area contributed by atoms with Crippen LogP contribution >= 0.6 is 35.0 Å². The van der Waals surface area contributed by atoms with E-state index >= 15 is 0 Å². The molecule has 0 bridgehead atoms. The van der Waals surface area contributed by atoms with Gasteiger partial charge in [0.1, 0.15) is 0 Å². The molecule has 5 rings (SSSR count). The fraction of sp³-hybridized carbons (Fsp3) is 0.185. The number of halogens is 2. The van der Waals surface area contributed by atoms with Crippen LogP contribution in [0.2, 0.25) is 10.0 Å². The SMILES string of the molecule is Cn1cncc1C(c1ccc(Cl)cc1)c1ccc2c(c1)C(c1cccc(Cl)c1)SCCC(=O)N2. The number of aromatic nitrogens is 2. The van der Waals surface area contributed by atoms with E-state index < -0.39 is 0 Å². The zero-order valence-corrected chi connectivity index (χ0v) is 20.9. The highest BCUT2D eigenvalue weighted by Crippen LogP contribution is 2.44. The number of nitrogens with zero attached hydrogens (tertiary/aromatic N) is 2. The molecule has 1 aromatic heterocycles. The van der Waals surface area contributed by atoms with Crippen LogP contribution in [-0.2, 0) is 11.8 Å². The summed E-state index contributed by atoms with van der Waals surface area (Å²) in [6.45, 7) is 0. The molecule has 2 unspecified atom stereocenters. The Labute approximate surface area is 213 Å². The second-order valence-corrected chi connectivity index (χ2v) is 10.5. The molecule has 0 saturated heterocycles. The molecular weight excluding hydrogens is 485 g/mol. The second kappa shape index (κ2) is 9.87. The number of carbonyl (C=O) groups is 1. The number of rotatable bonds is 4. The Balaban J connectivity index is 1.68. The fourth-order valence-electron chi connectivity index (χ4n) is 4.44. The Bertz CT molecular complexity index is 1340. The Hall–Kier alpha value is -2.73. The summed E-state index contributed by atoms with van der Waals surface area (Å²) in [6, 6.07) is 22.2. The van der Waals surface area contributed by atoms with E-state index in [1.807, 2.05) is 60.5 Å². The van der Waals surface area contributed by atoms with Crippen molar-refractivity contribution in [1.82, 2.24) is 9.55 Å². The highest BCUT2D eigenvalue weighted by Gasteiger charge is 2.26. The minimum atomic E-state index is -0.0405. The molecule has 172 valence electrons. The molecule has 2 heterocycles. The lowest BCUT2D eigenvalue weighted by molar-refractivity contribution is -0.115. The van der Waals surface area contributed by atoms with Gasteiger partial charge in [-0.25, -0.2) is 4.98 Å². The third-order valence-electron chi connectivity index (χ3n) is 6.08. The predicted molar refractivity (Wildman–Crippen MR) is 141 cm³/mol. The number of imidazole rings is 1. The molecule has 2 atom stereocenters. The molecule has 7 heteroatoms. The Morgan fingerprint density at radius 1 is 1.03 bits per heavy atom. The van der Waals surface area contributed by atoms with Gasteiger partial charge in [0.25, 0.3) is 0 Å². The normalized spacial score (nSPS) is 16.8. The van der Waals surface area contributed by atoms with Gasteiger partial charge in [0.2, 0.25) is 5.91 Å². The van der Waals surface area contributed by atoms with E-state index in [4.69, 9.17) is 23.2 Å². The van der Waals surface area contributed by atoms with Crippen LogP contribution in [0, 0.1) is 0 Å². The van der Waals surface area contributed by atoms with Gasteiger partial charge in [0, 0.05) is 46.8 Å². The molecule has 1 aliphatic rings. The molecule has 1 amide bonds. The fourth-order valence-corrected chi connectivity index (χ4v) is 6.02. The summed E-state index contributed by atoms with van der Waals surface area (Å²) >= 11 is 14.3. The van der Waals surface area contributed by atoms with Crippen molar-refractivity contribution in [2.45, 2.75) is 17.6 Å². The minimum Gasteiger partial charge on any atom is -0.337 e. The standard InChI is InChI=1S/C27H23Cl2N3OS/c1-32-16-30-15-24(32)26(17-5-8-20(28)9-6-17)18-7-10-23-22(14-18)27(34-12-11-25(33)31-23)19-3-2-4-21(29)13-19/h2-10,13-16,26-27H,11-12H2,1H3,(H,31,33). The third-order valence-corrected chi connectivity index (χ3v) is 7.87. The number of nitrogens with one attached hydrogen (secondary N) is 1. The first-order valence-electron chi connectivity index (χ1n) is 11.0. The van der Waals surface area contributed by atoms with E-state index in [-0.39, 0.29) is 17.1 Å². The predicted octanol–water partition coefficient (Wildman–Crippen LogP) is 7.07. The van der Waals surface area contributed by atoms with Crippen molar-refractivity contribution >= 4 is 46.6 Å². The van der Waals surface area contributed by atoms with Crippen LogP contribution in [0.4, 0.5) is 5.69 Å². The van der Waals surface area contributed by atoms with Gasteiger partial charge in [0.15, 0.2) is 0 Å². The van der Waals surface area contributed by atoms with Crippen molar-refractivity contribution in [2.24, 2.45) is 7.05 Å². The van der Waals surface area contributed by atoms with Crippen LogP contribution < -0.4 is 5.32 Å². The van der Waals surface area contributed by atoms with Crippen molar-refractivity contribution in [2.75, 3.05) is 11.1 Å². The molecule has 0 saturated carbocycles. The maximum atomic E-state index is 12.4. The van der Waals surface area contributed by atoms with Gasteiger partial charge in [-0.1, -0.05) is 59.6 Å². The number of carbonyl (C=O) groups excluding carboxylic acids is 1. The molecule has 1 aliphatic heterocycles. The van der Waals surface area contributed by atoms with Crippen LogP contribution in [0.5, 0.6) is 0 Å². The van der Waals surface area contributed by atoms with Gasteiger partial charge in [-0.05, 0) is 52.6 Å². The van der Waals surface area contributed by atoms with E-state index in [9.17, 15) is 4.79 Å². The molecular formula is C27H23Cl2N3OS. The zero-order chi connectivity index (χ0) is 23.7. The molecule has 4 aromatic rings. The summed E-state index contributed by atoms with van der Waals surface area (Å²) in [6.07, 6.45) is 4.20. The first-order valence-corrected chi connectivity index (χ1v) is 12.8. The summed E-state index contributed by atoms with van der Waals surface area (Å²) in [5.41, 5.74) is 6.34. The molecule has 3 aromatic carbocycles. The average molecular weight is 508 g/mol. The van der Waals surface area contributed by atoms with Crippen LogP contribution in [0.15, 0.2) is 79.3 Å². The summed E-state index contributed by atoms with van der Waals surface area (Å²) in [5.74, 6) is 0.725. The van der Waals surface area contributed by atoms with Crippen LogP contribution in [0.25, 0.3) is 0 Å². The smallest absolute Gasteiger partial charge is 0.225 e. The number of fused-ring (bicyclic) bond motifs is 1. The van der Waals surface area contributed by atoms with Gasteiger partial charge >= 0.3 is 0 Å². The molecule has 34 heavy (non-hydrogen) atoms.